The molecule has 0 aliphatic carbocycles. The summed E-state index contributed by atoms with van der Waals surface area (Å²) in [5.41, 5.74) is 2.95. The Kier molecular flexibility index (Phi) is 4.27. The molecule has 0 radical (unpaired) electrons. The molecule has 0 aliphatic heterocycles. The molecule has 0 spiro atoms. The predicted molar refractivity (Wildman–Crippen MR) is 101 cm³/mol. The number of benzene rings is 1. The van der Waals surface area contributed by atoms with Gasteiger partial charge in [0.15, 0.2) is 5.78 Å². The van der Waals surface area contributed by atoms with Crippen LogP contribution in [0.25, 0.3) is 21.9 Å². The maximum absolute atomic E-state index is 12.4. The molecule has 0 aliphatic rings. The van der Waals surface area contributed by atoms with Crippen LogP contribution in [-0.2, 0) is 17.8 Å². The number of imidazole rings is 1. The minimum absolute atomic E-state index is 0.112. The van der Waals surface area contributed by atoms with Crippen LogP contribution in [0.1, 0.15) is 11.5 Å². The van der Waals surface area contributed by atoms with Crippen molar-refractivity contribution < 1.29 is 4.79 Å². The number of nitrogens with zero attached hydrogens (tertiary/aromatic N) is 4. The highest BCUT2D eigenvalue weighted by Gasteiger charge is 2.09. The van der Waals surface area contributed by atoms with Gasteiger partial charge in [0.1, 0.15) is 5.82 Å². The summed E-state index contributed by atoms with van der Waals surface area (Å²) in [7, 11) is 0. The molecule has 0 atom stereocenters. The number of ketones is 1. The molecule has 0 N–H and O–H groups in total. The van der Waals surface area contributed by atoms with Crippen LogP contribution in [0.2, 0.25) is 0 Å². The van der Waals surface area contributed by atoms with Crippen molar-refractivity contribution in [2.45, 2.75) is 19.9 Å². The normalized spacial score (nSPS) is 11.0. The topological polar surface area (TPSA) is 60.7 Å². The van der Waals surface area contributed by atoms with Crippen molar-refractivity contribution >= 4 is 16.6 Å². The Bertz CT molecular complexity index is 1070. The van der Waals surface area contributed by atoms with Crippen LogP contribution in [0.4, 0.5) is 0 Å². The van der Waals surface area contributed by atoms with Gasteiger partial charge in [-0.25, -0.2) is 4.98 Å². The molecule has 3 aromatic heterocycles. The van der Waals surface area contributed by atoms with E-state index in [0.29, 0.717) is 13.0 Å². The Balaban J connectivity index is 1.58. The van der Waals surface area contributed by atoms with Crippen LogP contribution in [-0.4, -0.2) is 25.3 Å². The fourth-order valence-corrected chi connectivity index (χ4v) is 3.02. The molecule has 0 bridgehead atoms. The third kappa shape index (κ3) is 3.37. The minimum Gasteiger partial charge on any atom is -0.328 e. The van der Waals surface area contributed by atoms with E-state index in [4.69, 9.17) is 0 Å². The monoisotopic (exact) mass is 342 g/mol. The van der Waals surface area contributed by atoms with Crippen molar-refractivity contribution in [1.82, 2.24) is 19.5 Å². The summed E-state index contributed by atoms with van der Waals surface area (Å²) in [6, 6.07) is 12.2. The smallest absolute Gasteiger partial charge is 0.158 e. The zero-order chi connectivity index (χ0) is 17.9. The minimum atomic E-state index is 0.112. The van der Waals surface area contributed by atoms with E-state index in [1.54, 1.807) is 12.4 Å². The standard InChI is InChI=1S/C21H18N4O/c1-15-23-7-8-25(15)14-21(26)11-20-10-19-9-16(4-5-18(19)13-24-20)17-3-2-6-22-12-17/h2-10,12-13H,11,14H2,1H3. The summed E-state index contributed by atoms with van der Waals surface area (Å²) in [5, 5.41) is 2.13. The molecule has 4 rings (SSSR count). The van der Waals surface area contributed by atoms with Crippen molar-refractivity contribution in [1.29, 1.82) is 0 Å². The first-order valence-electron chi connectivity index (χ1n) is 8.47. The van der Waals surface area contributed by atoms with Crippen molar-refractivity contribution in [3.63, 3.8) is 0 Å². The summed E-state index contributed by atoms with van der Waals surface area (Å²) < 4.78 is 1.85. The van der Waals surface area contributed by atoms with Gasteiger partial charge in [0.25, 0.3) is 0 Å². The SMILES string of the molecule is Cc1nccn1CC(=O)Cc1cc2cc(-c3cccnc3)ccc2cn1. The van der Waals surface area contributed by atoms with Crippen LogP contribution in [0.5, 0.6) is 0 Å². The summed E-state index contributed by atoms with van der Waals surface area (Å²) in [6.07, 6.45) is 9.27. The fourth-order valence-electron chi connectivity index (χ4n) is 3.02. The third-order valence-electron chi connectivity index (χ3n) is 4.42. The zero-order valence-corrected chi connectivity index (χ0v) is 14.5. The molecule has 0 amide bonds. The van der Waals surface area contributed by atoms with Crippen LogP contribution in [0.15, 0.2) is 67.4 Å². The lowest BCUT2D eigenvalue weighted by Crippen LogP contribution is -2.13. The van der Waals surface area contributed by atoms with E-state index in [-0.39, 0.29) is 5.78 Å². The van der Waals surface area contributed by atoms with Gasteiger partial charge in [0.2, 0.25) is 0 Å². The number of carbonyl (C=O) groups is 1. The second kappa shape index (κ2) is 6.88. The first-order valence-corrected chi connectivity index (χ1v) is 8.47. The number of hydrogen-bond acceptors (Lipinski definition) is 4. The van der Waals surface area contributed by atoms with Crippen molar-refractivity contribution in [2.75, 3.05) is 0 Å². The maximum atomic E-state index is 12.4. The molecule has 5 nitrogen and oxygen atoms in total. The lowest BCUT2D eigenvalue weighted by Gasteiger charge is -2.07. The van der Waals surface area contributed by atoms with E-state index in [0.717, 1.165) is 33.4 Å². The Labute approximate surface area is 151 Å². The largest absolute Gasteiger partial charge is 0.328 e. The molecule has 0 fully saturated rings. The van der Waals surface area contributed by atoms with E-state index in [2.05, 4.69) is 27.1 Å². The number of pyridine rings is 2. The Morgan fingerprint density at radius 3 is 2.69 bits per heavy atom. The van der Waals surface area contributed by atoms with E-state index >= 15 is 0 Å². The van der Waals surface area contributed by atoms with Crippen molar-refractivity contribution in [2.24, 2.45) is 0 Å². The lowest BCUT2D eigenvalue weighted by molar-refractivity contribution is -0.119. The average Bonchev–Trinajstić information content (AvgIpc) is 3.06. The zero-order valence-electron chi connectivity index (χ0n) is 14.5. The number of aryl methyl sites for hydroxylation is 1. The number of Topliss-reactive ketones (excluding diaryl/α,β-unsaturated/α-hetero) is 1. The number of aromatic nitrogens is 4. The van der Waals surface area contributed by atoms with Gasteiger partial charge < -0.3 is 4.57 Å². The molecule has 5 heteroatoms. The van der Waals surface area contributed by atoms with Gasteiger partial charge in [0, 0.05) is 47.6 Å². The first kappa shape index (κ1) is 16.1. The summed E-state index contributed by atoms with van der Waals surface area (Å²) in [4.78, 5) is 25.1. The van der Waals surface area contributed by atoms with Gasteiger partial charge in [-0.3, -0.25) is 14.8 Å². The lowest BCUT2D eigenvalue weighted by atomic mass is 10.0. The van der Waals surface area contributed by atoms with Crippen LogP contribution in [0.3, 0.4) is 0 Å². The Hall–Kier alpha value is -3.34. The highest BCUT2D eigenvalue weighted by atomic mass is 16.1. The van der Waals surface area contributed by atoms with Gasteiger partial charge in [-0.05, 0) is 36.1 Å². The van der Waals surface area contributed by atoms with Crippen LogP contribution >= 0.6 is 0 Å². The van der Waals surface area contributed by atoms with E-state index in [1.807, 2.05) is 54.3 Å². The highest BCUT2D eigenvalue weighted by molar-refractivity contribution is 5.88. The maximum Gasteiger partial charge on any atom is 0.158 e. The Morgan fingerprint density at radius 2 is 1.92 bits per heavy atom. The van der Waals surface area contributed by atoms with Gasteiger partial charge in [-0.2, -0.15) is 0 Å². The predicted octanol–water partition coefficient (Wildman–Crippen LogP) is 3.61. The van der Waals surface area contributed by atoms with Crippen LogP contribution < -0.4 is 0 Å². The molecule has 1 aromatic carbocycles. The summed E-state index contributed by atoms with van der Waals surface area (Å²) >= 11 is 0. The second-order valence-corrected chi connectivity index (χ2v) is 6.30. The quantitative estimate of drug-likeness (QED) is 0.556. The van der Waals surface area contributed by atoms with E-state index < -0.39 is 0 Å². The van der Waals surface area contributed by atoms with Gasteiger partial charge in [-0.1, -0.05) is 18.2 Å². The average molecular weight is 342 g/mol. The molecule has 0 saturated heterocycles. The van der Waals surface area contributed by atoms with Crippen LogP contribution in [0, 0.1) is 6.92 Å². The van der Waals surface area contributed by atoms with Gasteiger partial charge >= 0.3 is 0 Å². The molecule has 3 heterocycles. The molecule has 128 valence electrons. The summed E-state index contributed by atoms with van der Waals surface area (Å²) in [6.45, 7) is 2.21. The number of rotatable bonds is 5. The number of carbonyl (C=O) groups excluding carboxylic acids is 1. The van der Waals surface area contributed by atoms with E-state index in [1.165, 1.54) is 0 Å². The Morgan fingerprint density at radius 1 is 1.00 bits per heavy atom. The second-order valence-electron chi connectivity index (χ2n) is 6.30. The molecule has 26 heavy (non-hydrogen) atoms. The van der Waals surface area contributed by atoms with Crippen molar-refractivity contribution in [3.8, 4) is 11.1 Å². The molecule has 0 unspecified atom stereocenters. The first-order chi connectivity index (χ1) is 12.7. The third-order valence-corrected chi connectivity index (χ3v) is 4.42. The van der Waals surface area contributed by atoms with Gasteiger partial charge in [0.05, 0.1) is 13.0 Å². The fraction of sp³-hybridized carbons (Fsp3) is 0.143. The molecular formula is C21H18N4O. The van der Waals surface area contributed by atoms with Crippen molar-refractivity contribution in [3.05, 3.63) is 78.9 Å². The number of hydrogen-bond donors (Lipinski definition) is 0. The molecular weight excluding hydrogens is 324 g/mol. The van der Waals surface area contributed by atoms with Gasteiger partial charge in [-0.15, -0.1) is 0 Å². The summed E-state index contributed by atoms with van der Waals surface area (Å²) in [5.74, 6) is 0.951. The molecule has 0 saturated carbocycles. The highest BCUT2D eigenvalue weighted by Crippen LogP contribution is 2.24. The molecule has 4 aromatic rings. The number of fused-ring (bicyclic) bond motifs is 1. The van der Waals surface area contributed by atoms with E-state index in [9.17, 15) is 4.79 Å².